The van der Waals surface area contributed by atoms with E-state index in [9.17, 15) is 4.79 Å². The number of nitrogens with one attached hydrogen (secondary N) is 1. The Labute approximate surface area is 54.1 Å². The van der Waals surface area contributed by atoms with E-state index in [1.807, 2.05) is 6.92 Å². The zero-order valence-corrected chi connectivity index (χ0v) is 5.48. The third-order valence-electron chi connectivity index (χ3n) is 2.03. The zero-order chi connectivity index (χ0) is 6.91. The first-order chi connectivity index (χ1) is 4.21. The first-order valence-corrected chi connectivity index (χ1v) is 3.20. The fourth-order valence-corrected chi connectivity index (χ4v) is 1.06. The van der Waals surface area contributed by atoms with Gasteiger partial charge in [0.1, 0.15) is 5.54 Å². The molecule has 0 radical (unpaired) electrons. The highest BCUT2D eigenvalue weighted by Crippen LogP contribution is 2.22. The predicted molar refractivity (Wildman–Crippen MR) is 33.3 cm³/mol. The Balaban J connectivity index is 2.57. The van der Waals surface area contributed by atoms with Gasteiger partial charge in [0.15, 0.2) is 0 Å². The lowest BCUT2D eigenvalue weighted by Crippen LogP contribution is -2.61. The van der Waals surface area contributed by atoms with Crippen molar-refractivity contribution in [2.45, 2.75) is 25.3 Å². The molecule has 0 aliphatic carbocycles. The summed E-state index contributed by atoms with van der Waals surface area (Å²) in [6, 6.07) is 0. The van der Waals surface area contributed by atoms with Crippen LogP contribution in [-0.2, 0) is 4.79 Å². The van der Waals surface area contributed by atoms with Crippen LogP contribution in [0.1, 0.15) is 19.8 Å². The molecule has 2 N–H and O–H groups in total. The minimum atomic E-state index is -0.712. The molecule has 0 spiro atoms. The van der Waals surface area contributed by atoms with Gasteiger partial charge in [0.2, 0.25) is 0 Å². The lowest BCUT2D eigenvalue weighted by atomic mass is 9.85. The standard InChI is InChI=1S/C6H11NO2/c1-2-6(5(8)9)3-4-7-6/h7H,2-4H2,1H3,(H,8,9). The number of hydrogen-bond acceptors (Lipinski definition) is 2. The summed E-state index contributed by atoms with van der Waals surface area (Å²) in [5, 5.41) is 11.5. The molecule has 1 fully saturated rings. The lowest BCUT2D eigenvalue weighted by Gasteiger charge is -2.38. The van der Waals surface area contributed by atoms with Crippen LogP contribution < -0.4 is 5.32 Å². The Morgan fingerprint density at radius 2 is 2.44 bits per heavy atom. The highest BCUT2D eigenvalue weighted by Gasteiger charge is 2.41. The molecule has 1 saturated heterocycles. The van der Waals surface area contributed by atoms with Gasteiger partial charge in [-0.3, -0.25) is 4.79 Å². The molecule has 1 rings (SSSR count). The average molecular weight is 129 g/mol. The van der Waals surface area contributed by atoms with Crippen molar-refractivity contribution in [1.29, 1.82) is 0 Å². The molecule has 3 heteroatoms. The number of aliphatic carboxylic acids is 1. The van der Waals surface area contributed by atoms with Crippen molar-refractivity contribution >= 4 is 5.97 Å². The summed E-state index contributed by atoms with van der Waals surface area (Å²) in [7, 11) is 0. The number of rotatable bonds is 2. The zero-order valence-electron chi connectivity index (χ0n) is 5.48. The van der Waals surface area contributed by atoms with E-state index in [4.69, 9.17) is 5.11 Å². The molecule has 1 aliphatic rings. The molecule has 3 nitrogen and oxygen atoms in total. The van der Waals surface area contributed by atoms with Gasteiger partial charge in [-0.2, -0.15) is 0 Å². The van der Waals surface area contributed by atoms with Gasteiger partial charge in [-0.15, -0.1) is 0 Å². The third-order valence-corrected chi connectivity index (χ3v) is 2.03. The van der Waals surface area contributed by atoms with E-state index in [1.165, 1.54) is 0 Å². The molecule has 0 aromatic carbocycles. The van der Waals surface area contributed by atoms with Crippen LogP contribution in [0.15, 0.2) is 0 Å². The Morgan fingerprint density at radius 1 is 1.89 bits per heavy atom. The highest BCUT2D eigenvalue weighted by atomic mass is 16.4. The molecule has 9 heavy (non-hydrogen) atoms. The van der Waals surface area contributed by atoms with E-state index in [-0.39, 0.29) is 0 Å². The SMILES string of the molecule is CCC1(C(=O)O)CCN1. The maximum atomic E-state index is 10.5. The molecule has 1 atom stereocenters. The number of carboxylic acid groups (broad SMARTS) is 1. The molecule has 52 valence electrons. The van der Waals surface area contributed by atoms with Crippen molar-refractivity contribution < 1.29 is 9.90 Å². The Kier molecular flexibility index (Phi) is 1.45. The Bertz CT molecular complexity index is 124. The normalized spacial score (nSPS) is 33.4. The minimum absolute atomic E-state index is 0.569. The fourth-order valence-electron chi connectivity index (χ4n) is 1.06. The molecule has 0 aromatic heterocycles. The van der Waals surface area contributed by atoms with Crippen LogP contribution in [0, 0.1) is 0 Å². The fraction of sp³-hybridized carbons (Fsp3) is 0.833. The molecule has 0 saturated carbocycles. The van der Waals surface area contributed by atoms with Gasteiger partial charge < -0.3 is 10.4 Å². The van der Waals surface area contributed by atoms with Crippen molar-refractivity contribution in [3.63, 3.8) is 0 Å². The van der Waals surface area contributed by atoms with Crippen molar-refractivity contribution in [2.75, 3.05) is 6.54 Å². The maximum Gasteiger partial charge on any atom is 0.323 e. The van der Waals surface area contributed by atoms with E-state index in [2.05, 4.69) is 5.32 Å². The molecule has 1 heterocycles. The van der Waals surface area contributed by atoms with Crippen molar-refractivity contribution in [3.8, 4) is 0 Å². The third kappa shape index (κ3) is 0.812. The van der Waals surface area contributed by atoms with Crippen LogP contribution in [0.25, 0.3) is 0 Å². The number of hydrogen-bond donors (Lipinski definition) is 2. The topological polar surface area (TPSA) is 49.3 Å². The van der Waals surface area contributed by atoms with Gasteiger partial charge in [-0.05, 0) is 19.4 Å². The molecular weight excluding hydrogens is 118 g/mol. The molecule has 0 bridgehead atoms. The first kappa shape index (κ1) is 6.55. The van der Waals surface area contributed by atoms with Crippen molar-refractivity contribution in [1.82, 2.24) is 5.32 Å². The molecular formula is C6H11NO2. The summed E-state index contributed by atoms with van der Waals surface area (Å²) >= 11 is 0. The highest BCUT2D eigenvalue weighted by molar-refractivity contribution is 5.79. The number of carboxylic acids is 1. The van der Waals surface area contributed by atoms with E-state index in [1.54, 1.807) is 0 Å². The van der Waals surface area contributed by atoms with Gasteiger partial charge in [0, 0.05) is 0 Å². The van der Waals surface area contributed by atoms with E-state index < -0.39 is 11.5 Å². The van der Waals surface area contributed by atoms with Gasteiger partial charge in [-0.25, -0.2) is 0 Å². The molecule has 1 aliphatic heterocycles. The second-order valence-electron chi connectivity index (χ2n) is 2.42. The summed E-state index contributed by atoms with van der Waals surface area (Å²) in [6.45, 7) is 2.74. The van der Waals surface area contributed by atoms with Gasteiger partial charge in [-0.1, -0.05) is 6.92 Å². The summed E-state index contributed by atoms with van der Waals surface area (Å²) in [5.41, 5.74) is -0.569. The van der Waals surface area contributed by atoms with Crippen LogP contribution in [0.2, 0.25) is 0 Å². The van der Waals surface area contributed by atoms with Crippen LogP contribution in [0.4, 0.5) is 0 Å². The summed E-state index contributed by atoms with van der Waals surface area (Å²) in [4.78, 5) is 10.5. The average Bonchev–Trinajstić information content (AvgIpc) is 1.62. The summed E-state index contributed by atoms with van der Waals surface area (Å²) < 4.78 is 0. The molecule has 0 amide bonds. The second kappa shape index (κ2) is 1.99. The van der Waals surface area contributed by atoms with Crippen LogP contribution in [0.3, 0.4) is 0 Å². The van der Waals surface area contributed by atoms with Crippen molar-refractivity contribution in [2.24, 2.45) is 0 Å². The minimum Gasteiger partial charge on any atom is -0.480 e. The first-order valence-electron chi connectivity index (χ1n) is 3.20. The Morgan fingerprint density at radius 3 is 2.44 bits per heavy atom. The Hall–Kier alpha value is -0.570. The summed E-state index contributed by atoms with van der Waals surface area (Å²) in [6.07, 6.45) is 1.46. The second-order valence-corrected chi connectivity index (χ2v) is 2.42. The summed E-state index contributed by atoms with van der Waals surface area (Å²) in [5.74, 6) is -0.712. The largest absolute Gasteiger partial charge is 0.480 e. The van der Waals surface area contributed by atoms with E-state index in [0.29, 0.717) is 6.42 Å². The van der Waals surface area contributed by atoms with E-state index in [0.717, 1.165) is 13.0 Å². The molecule has 0 aromatic rings. The quantitative estimate of drug-likeness (QED) is 0.560. The van der Waals surface area contributed by atoms with Crippen LogP contribution >= 0.6 is 0 Å². The van der Waals surface area contributed by atoms with Crippen LogP contribution in [0.5, 0.6) is 0 Å². The maximum absolute atomic E-state index is 10.5. The van der Waals surface area contributed by atoms with Gasteiger partial charge in [0.05, 0.1) is 0 Å². The van der Waals surface area contributed by atoms with Gasteiger partial charge >= 0.3 is 5.97 Å². The van der Waals surface area contributed by atoms with Crippen molar-refractivity contribution in [3.05, 3.63) is 0 Å². The smallest absolute Gasteiger partial charge is 0.323 e. The predicted octanol–water partition coefficient (Wildman–Crippen LogP) is 0.213. The number of carbonyl (C=O) groups is 1. The van der Waals surface area contributed by atoms with Crippen LogP contribution in [-0.4, -0.2) is 23.2 Å². The van der Waals surface area contributed by atoms with Gasteiger partial charge in [0.25, 0.3) is 0 Å². The lowest BCUT2D eigenvalue weighted by molar-refractivity contribution is -0.148. The van der Waals surface area contributed by atoms with E-state index >= 15 is 0 Å². The monoisotopic (exact) mass is 129 g/mol. The molecule has 1 unspecified atom stereocenters.